The normalized spacial score (nSPS) is 19.6. The van der Waals surface area contributed by atoms with Crippen LogP contribution in [0, 0.1) is 0 Å². The first-order chi connectivity index (χ1) is 11.6. The van der Waals surface area contributed by atoms with Crippen LogP contribution in [0.25, 0.3) is 0 Å². The van der Waals surface area contributed by atoms with E-state index in [1.807, 2.05) is 59.7 Å². The smallest absolute Gasteiger partial charge is 0.494 e. The van der Waals surface area contributed by atoms with Crippen LogP contribution >= 0.6 is 0 Å². The molecule has 1 unspecified atom stereocenters. The molecule has 0 N–H and O–H groups in total. The van der Waals surface area contributed by atoms with Gasteiger partial charge in [-0.15, -0.1) is 0 Å². The van der Waals surface area contributed by atoms with Gasteiger partial charge in [-0.25, -0.2) is 0 Å². The molecule has 1 aromatic carbocycles. The number of esters is 1. The molecule has 2 rings (SSSR count). The van der Waals surface area contributed by atoms with Gasteiger partial charge in [0.1, 0.15) is 5.75 Å². The lowest BCUT2D eigenvalue weighted by molar-refractivity contribution is -0.144. The lowest BCUT2D eigenvalue weighted by atomic mass is 9.78. The van der Waals surface area contributed by atoms with Crippen LogP contribution in [0.4, 0.5) is 0 Å². The zero-order valence-electron chi connectivity index (χ0n) is 16.3. The Morgan fingerprint density at radius 2 is 1.72 bits per heavy atom. The number of hydrogen-bond acceptors (Lipinski definition) is 5. The van der Waals surface area contributed by atoms with E-state index in [1.165, 1.54) is 0 Å². The Kier molecular flexibility index (Phi) is 5.84. The molecule has 0 aromatic heterocycles. The maximum Gasteiger partial charge on any atom is 0.494 e. The fraction of sp³-hybridized carbons (Fsp3) is 0.632. The molecule has 0 aliphatic carbocycles. The molecule has 0 radical (unpaired) electrons. The van der Waals surface area contributed by atoms with Crippen molar-refractivity contribution in [3.63, 3.8) is 0 Å². The second-order valence-corrected chi connectivity index (χ2v) is 7.29. The van der Waals surface area contributed by atoms with Crippen LogP contribution in [0.2, 0.25) is 0 Å². The molecule has 25 heavy (non-hydrogen) atoms. The SMILES string of the molecule is CCOC(=O)C(C)c1ccc(B2OC(C)(C)C(C)(C)O2)cc1OCC. The molecule has 0 saturated carbocycles. The first-order valence-electron chi connectivity index (χ1n) is 8.91. The third-order valence-electron chi connectivity index (χ3n) is 4.97. The maximum absolute atomic E-state index is 12.1. The second kappa shape index (κ2) is 7.38. The third-order valence-corrected chi connectivity index (χ3v) is 4.97. The predicted molar refractivity (Wildman–Crippen MR) is 98.4 cm³/mol. The highest BCUT2D eigenvalue weighted by Crippen LogP contribution is 2.37. The molecule has 0 amide bonds. The summed E-state index contributed by atoms with van der Waals surface area (Å²) in [5.41, 5.74) is 0.878. The third kappa shape index (κ3) is 4.01. The van der Waals surface area contributed by atoms with Gasteiger partial charge in [0.25, 0.3) is 0 Å². The number of carbonyl (C=O) groups excluding carboxylic acids is 1. The Morgan fingerprint density at radius 3 is 2.24 bits per heavy atom. The van der Waals surface area contributed by atoms with Gasteiger partial charge in [0, 0.05) is 5.56 Å². The number of carbonyl (C=O) groups is 1. The zero-order chi connectivity index (χ0) is 18.8. The second-order valence-electron chi connectivity index (χ2n) is 7.29. The van der Waals surface area contributed by atoms with Crippen LogP contribution in [-0.2, 0) is 18.8 Å². The monoisotopic (exact) mass is 348 g/mol. The largest absolute Gasteiger partial charge is 0.494 e. The van der Waals surface area contributed by atoms with Crippen molar-refractivity contribution in [2.45, 2.75) is 65.6 Å². The quantitative estimate of drug-likeness (QED) is 0.584. The van der Waals surface area contributed by atoms with E-state index in [-0.39, 0.29) is 5.97 Å². The minimum Gasteiger partial charge on any atom is -0.494 e. The van der Waals surface area contributed by atoms with Crippen LogP contribution < -0.4 is 10.2 Å². The predicted octanol–water partition coefficient (Wildman–Crippen LogP) is 3.05. The van der Waals surface area contributed by atoms with Crippen LogP contribution in [0.1, 0.15) is 59.9 Å². The van der Waals surface area contributed by atoms with E-state index in [9.17, 15) is 4.79 Å². The number of hydrogen-bond donors (Lipinski definition) is 0. The molecule has 5 nitrogen and oxygen atoms in total. The van der Waals surface area contributed by atoms with Crippen LogP contribution in [0.5, 0.6) is 5.75 Å². The van der Waals surface area contributed by atoms with E-state index in [2.05, 4.69) is 0 Å². The summed E-state index contributed by atoms with van der Waals surface area (Å²) in [5, 5.41) is 0. The number of rotatable bonds is 6. The molecule has 1 fully saturated rings. The van der Waals surface area contributed by atoms with Gasteiger partial charge in [-0.05, 0) is 60.0 Å². The molecule has 1 heterocycles. The topological polar surface area (TPSA) is 54.0 Å². The molecular weight excluding hydrogens is 319 g/mol. The van der Waals surface area contributed by atoms with Gasteiger partial charge in [-0.2, -0.15) is 0 Å². The summed E-state index contributed by atoms with van der Waals surface area (Å²) in [6, 6.07) is 5.72. The summed E-state index contributed by atoms with van der Waals surface area (Å²) >= 11 is 0. The van der Waals surface area contributed by atoms with Crippen LogP contribution in [0.3, 0.4) is 0 Å². The van der Waals surface area contributed by atoms with Gasteiger partial charge < -0.3 is 18.8 Å². The molecule has 0 spiro atoms. The summed E-state index contributed by atoms with van der Waals surface area (Å²) in [6.07, 6.45) is 0. The van der Waals surface area contributed by atoms with Gasteiger partial charge in [-0.3, -0.25) is 4.79 Å². The van der Waals surface area contributed by atoms with Gasteiger partial charge in [0.2, 0.25) is 0 Å². The summed E-state index contributed by atoms with van der Waals surface area (Å²) in [5.74, 6) is 0.0101. The van der Waals surface area contributed by atoms with Gasteiger partial charge in [-0.1, -0.05) is 12.1 Å². The average molecular weight is 348 g/mol. The average Bonchev–Trinajstić information content (AvgIpc) is 2.75. The minimum absolute atomic E-state index is 0.258. The van der Waals surface area contributed by atoms with Crippen molar-refractivity contribution in [2.24, 2.45) is 0 Å². The Labute approximate surface area is 151 Å². The highest BCUT2D eigenvalue weighted by molar-refractivity contribution is 6.62. The lowest BCUT2D eigenvalue weighted by Gasteiger charge is -2.32. The van der Waals surface area contributed by atoms with Crippen molar-refractivity contribution in [1.82, 2.24) is 0 Å². The van der Waals surface area contributed by atoms with E-state index in [4.69, 9.17) is 18.8 Å². The molecule has 138 valence electrons. The van der Waals surface area contributed by atoms with Crippen molar-refractivity contribution >= 4 is 18.6 Å². The molecule has 0 bridgehead atoms. The fourth-order valence-electron chi connectivity index (χ4n) is 2.71. The highest BCUT2D eigenvalue weighted by Gasteiger charge is 2.51. The molecule has 1 atom stereocenters. The van der Waals surface area contributed by atoms with Crippen molar-refractivity contribution in [3.8, 4) is 5.75 Å². The fourth-order valence-corrected chi connectivity index (χ4v) is 2.71. The van der Waals surface area contributed by atoms with Gasteiger partial charge >= 0.3 is 13.1 Å². The molecule has 6 heteroatoms. The summed E-state index contributed by atoms with van der Waals surface area (Å²) in [7, 11) is -0.462. The lowest BCUT2D eigenvalue weighted by Crippen LogP contribution is -2.41. The Hall–Kier alpha value is -1.53. The van der Waals surface area contributed by atoms with E-state index < -0.39 is 24.2 Å². The summed E-state index contributed by atoms with van der Waals surface area (Å²) < 4.78 is 23.1. The zero-order valence-corrected chi connectivity index (χ0v) is 16.3. The van der Waals surface area contributed by atoms with E-state index in [1.54, 1.807) is 6.92 Å². The van der Waals surface area contributed by atoms with Crippen molar-refractivity contribution < 1.29 is 23.6 Å². The highest BCUT2D eigenvalue weighted by atomic mass is 16.7. The number of ether oxygens (including phenoxy) is 2. The van der Waals surface area contributed by atoms with Crippen LogP contribution in [-0.4, -0.2) is 37.5 Å². The molecule has 1 aliphatic heterocycles. The molecule has 1 saturated heterocycles. The van der Waals surface area contributed by atoms with E-state index >= 15 is 0 Å². The standard InChI is InChI=1S/C19H29BO5/c1-8-22-16-12-14(20-24-18(4,5)19(6,7)25-20)10-11-15(16)13(3)17(21)23-9-2/h10-13H,8-9H2,1-7H3. The van der Waals surface area contributed by atoms with Crippen molar-refractivity contribution in [1.29, 1.82) is 0 Å². The summed E-state index contributed by atoms with van der Waals surface area (Å²) in [4.78, 5) is 12.1. The maximum atomic E-state index is 12.1. The molecular formula is C19H29BO5. The van der Waals surface area contributed by atoms with Gasteiger partial charge in [0.15, 0.2) is 0 Å². The first kappa shape index (κ1) is 19.8. The Morgan fingerprint density at radius 1 is 1.12 bits per heavy atom. The Balaban J connectivity index is 2.32. The van der Waals surface area contributed by atoms with Crippen LogP contribution in [0.15, 0.2) is 18.2 Å². The van der Waals surface area contributed by atoms with E-state index in [0.29, 0.717) is 19.0 Å². The summed E-state index contributed by atoms with van der Waals surface area (Å²) in [6.45, 7) is 14.5. The number of benzene rings is 1. The molecule has 1 aliphatic rings. The molecule has 1 aromatic rings. The van der Waals surface area contributed by atoms with Gasteiger partial charge in [0.05, 0.1) is 30.3 Å². The van der Waals surface area contributed by atoms with Crippen molar-refractivity contribution in [2.75, 3.05) is 13.2 Å². The first-order valence-corrected chi connectivity index (χ1v) is 8.91. The van der Waals surface area contributed by atoms with Crippen molar-refractivity contribution in [3.05, 3.63) is 23.8 Å². The van der Waals surface area contributed by atoms with E-state index in [0.717, 1.165) is 11.0 Å². The Bertz CT molecular complexity index is 610. The minimum atomic E-state index is -0.462.